The lowest BCUT2D eigenvalue weighted by Crippen LogP contribution is -2.44. The molecule has 0 aromatic heterocycles. The van der Waals surface area contributed by atoms with Crippen molar-refractivity contribution in [3.05, 3.63) is 88.4 Å². The highest BCUT2D eigenvalue weighted by atomic mass is 35.5. The Kier molecular flexibility index (Phi) is 4.29. The maximum absolute atomic E-state index is 13.1. The van der Waals surface area contributed by atoms with Gasteiger partial charge in [0.2, 0.25) is 10.0 Å². The van der Waals surface area contributed by atoms with E-state index in [0.717, 1.165) is 27.8 Å². The predicted molar refractivity (Wildman–Crippen MR) is 114 cm³/mol. The minimum Gasteiger partial charge on any atom is -0.480 e. The number of aliphatic carboxylic acids is 1. The van der Waals surface area contributed by atoms with Crippen LogP contribution in [0.2, 0.25) is 5.02 Å². The Balaban J connectivity index is 1.46. The number of benzene rings is 3. The van der Waals surface area contributed by atoms with Crippen molar-refractivity contribution in [3.63, 3.8) is 0 Å². The van der Waals surface area contributed by atoms with Crippen LogP contribution in [-0.2, 0) is 21.2 Å². The van der Waals surface area contributed by atoms with Crippen molar-refractivity contribution in [1.29, 1.82) is 0 Å². The molecule has 0 radical (unpaired) electrons. The first kappa shape index (κ1) is 19.3. The van der Waals surface area contributed by atoms with Gasteiger partial charge in [-0.15, -0.1) is 0 Å². The summed E-state index contributed by atoms with van der Waals surface area (Å²) in [5.41, 5.74) is 3.24. The summed E-state index contributed by atoms with van der Waals surface area (Å²) < 4.78 is 28.7. The van der Waals surface area contributed by atoms with Gasteiger partial charge in [-0.3, -0.25) is 4.79 Å². The molecule has 0 spiro atoms. The number of hydrogen-bond acceptors (Lipinski definition) is 3. The maximum Gasteiger partial charge on any atom is 0.325 e. The van der Waals surface area contributed by atoms with Gasteiger partial charge in [-0.05, 0) is 64.9 Å². The van der Waals surface area contributed by atoms with Gasteiger partial charge in [0.25, 0.3) is 0 Å². The van der Waals surface area contributed by atoms with Gasteiger partial charge in [0.1, 0.15) is 5.54 Å². The second kappa shape index (κ2) is 6.67. The number of carboxylic acid groups (broad SMARTS) is 1. The molecule has 3 aromatic carbocycles. The molecule has 2 aliphatic carbocycles. The zero-order valence-corrected chi connectivity index (χ0v) is 17.4. The molecule has 2 N–H and O–H groups in total. The Morgan fingerprint density at radius 3 is 2.37 bits per heavy atom. The SMILES string of the molecule is O=C(O)[C@]1(NS(=O)(=O)c2ccc3c(c2)Cc2cc(Cl)ccc2-3)C[C@H]1c1ccccc1. The van der Waals surface area contributed by atoms with Crippen LogP contribution in [0, 0.1) is 0 Å². The van der Waals surface area contributed by atoms with Crippen LogP contribution in [0.1, 0.15) is 29.0 Å². The fourth-order valence-corrected chi connectivity index (χ4v) is 6.01. The molecule has 0 bridgehead atoms. The molecule has 7 heteroatoms. The fourth-order valence-electron chi connectivity index (χ4n) is 4.37. The Morgan fingerprint density at radius 2 is 1.67 bits per heavy atom. The summed E-state index contributed by atoms with van der Waals surface area (Å²) in [7, 11) is -4.02. The largest absolute Gasteiger partial charge is 0.480 e. The molecular formula is C23H18ClNO4S. The molecule has 5 nitrogen and oxygen atoms in total. The van der Waals surface area contributed by atoms with Gasteiger partial charge in [0.05, 0.1) is 4.90 Å². The summed E-state index contributed by atoms with van der Waals surface area (Å²) in [5.74, 6) is -1.56. The van der Waals surface area contributed by atoms with E-state index in [1.807, 2.05) is 48.5 Å². The second-order valence-corrected chi connectivity index (χ2v) is 9.97. The summed E-state index contributed by atoms with van der Waals surface area (Å²) in [4.78, 5) is 12.1. The lowest BCUT2D eigenvalue weighted by molar-refractivity contribution is -0.140. The number of halogens is 1. The summed E-state index contributed by atoms with van der Waals surface area (Å²) >= 11 is 6.08. The third kappa shape index (κ3) is 3.03. The first-order valence-electron chi connectivity index (χ1n) is 9.54. The molecule has 0 heterocycles. The molecule has 5 rings (SSSR count). The average molecular weight is 440 g/mol. The lowest BCUT2D eigenvalue weighted by Gasteiger charge is -2.16. The number of sulfonamides is 1. The molecule has 2 atom stereocenters. The van der Waals surface area contributed by atoms with Crippen molar-refractivity contribution < 1.29 is 18.3 Å². The van der Waals surface area contributed by atoms with E-state index in [9.17, 15) is 18.3 Å². The van der Waals surface area contributed by atoms with Crippen LogP contribution >= 0.6 is 11.6 Å². The normalized spacial score (nSPS) is 21.7. The van der Waals surface area contributed by atoms with Crippen molar-refractivity contribution in [2.45, 2.75) is 29.2 Å². The number of carboxylic acids is 1. The molecule has 0 unspecified atom stereocenters. The molecule has 0 aliphatic heterocycles. The van der Waals surface area contributed by atoms with E-state index in [4.69, 9.17) is 11.6 Å². The van der Waals surface area contributed by atoms with Crippen LogP contribution in [0.4, 0.5) is 0 Å². The third-order valence-electron chi connectivity index (χ3n) is 5.99. The molecule has 3 aromatic rings. The first-order chi connectivity index (χ1) is 14.3. The Bertz CT molecular complexity index is 1290. The van der Waals surface area contributed by atoms with Crippen LogP contribution in [-0.4, -0.2) is 25.0 Å². The minimum atomic E-state index is -4.02. The van der Waals surface area contributed by atoms with E-state index in [-0.39, 0.29) is 11.3 Å². The number of hydrogen-bond donors (Lipinski definition) is 2. The number of carbonyl (C=O) groups is 1. The van der Waals surface area contributed by atoms with Crippen molar-refractivity contribution in [3.8, 4) is 11.1 Å². The zero-order chi connectivity index (χ0) is 21.1. The molecule has 0 amide bonds. The highest BCUT2D eigenvalue weighted by Crippen LogP contribution is 2.52. The molecule has 2 aliphatic rings. The van der Waals surface area contributed by atoms with Gasteiger partial charge in [-0.2, -0.15) is 4.72 Å². The van der Waals surface area contributed by atoms with Crippen molar-refractivity contribution >= 4 is 27.6 Å². The average Bonchev–Trinajstić information content (AvgIpc) is 3.33. The summed E-state index contributed by atoms with van der Waals surface area (Å²) in [6, 6.07) is 19.7. The number of nitrogens with one attached hydrogen (secondary N) is 1. The molecule has 1 fully saturated rings. The molecule has 0 saturated heterocycles. The van der Waals surface area contributed by atoms with E-state index in [1.54, 1.807) is 12.1 Å². The van der Waals surface area contributed by atoms with Crippen LogP contribution in [0.3, 0.4) is 0 Å². The lowest BCUT2D eigenvalue weighted by atomic mass is 10.1. The van der Waals surface area contributed by atoms with Crippen molar-refractivity contribution in [2.24, 2.45) is 0 Å². The molecular weight excluding hydrogens is 422 g/mol. The maximum atomic E-state index is 13.1. The number of fused-ring (bicyclic) bond motifs is 3. The van der Waals surface area contributed by atoms with Crippen LogP contribution in [0.25, 0.3) is 11.1 Å². The van der Waals surface area contributed by atoms with Crippen LogP contribution in [0.15, 0.2) is 71.6 Å². The summed E-state index contributed by atoms with van der Waals surface area (Å²) in [6.45, 7) is 0. The van der Waals surface area contributed by atoms with E-state index in [0.29, 0.717) is 11.4 Å². The van der Waals surface area contributed by atoms with Gasteiger partial charge in [0.15, 0.2) is 0 Å². The van der Waals surface area contributed by atoms with Crippen molar-refractivity contribution in [2.75, 3.05) is 0 Å². The Morgan fingerprint density at radius 1 is 1.00 bits per heavy atom. The first-order valence-corrected chi connectivity index (χ1v) is 11.4. The van der Waals surface area contributed by atoms with Gasteiger partial charge in [0, 0.05) is 10.9 Å². The molecule has 152 valence electrons. The van der Waals surface area contributed by atoms with Crippen molar-refractivity contribution in [1.82, 2.24) is 4.72 Å². The summed E-state index contributed by atoms with van der Waals surface area (Å²) in [5, 5.41) is 10.4. The van der Waals surface area contributed by atoms with Gasteiger partial charge in [-0.1, -0.05) is 54.1 Å². The van der Waals surface area contributed by atoms with Crippen LogP contribution in [0.5, 0.6) is 0 Å². The quantitative estimate of drug-likeness (QED) is 0.488. The highest BCUT2D eigenvalue weighted by molar-refractivity contribution is 7.89. The molecule has 30 heavy (non-hydrogen) atoms. The topological polar surface area (TPSA) is 83.5 Å². The third-order valence-corrected chi connectivity index (χ3v) is 7.73. The van der Waals surface area contributed by atoms with Gasteiger partial charge >= 0.3 is 5.97 Å². The number of rotatable bonds is 5. The predicted octanol–water partition coefficient (Wildman–Crippen LogP) is 4.20. The van der Waals surface area contributed by atoms with E-state index in [1.165, 1.54) is 6.07 Å². The van der Waals surface area contributed by atoms with E-state index >= 15 is 0 Å². The molecule has 1 saturated carbocycles. The standard InChI is InChI=1S/C23H18ClNO4S/c24-17-6-8-19-15(11-17)10-16-12-18(7-9-20(16)19)30(28,29)25-23(22(26)27)13-21(23)14-4-2-1-3-5-14/h1-9,11-12,21,25H,10,13H2,(H,26,27)/t21-,23-/m0/s1. The minimum absolute atomic E-state index is 0.0690. The smallest absolute Gasteiger partial charge is 0.325 e. The zero-order valence-electron chi connectivity index (χ0n) is 15.8. The van der Waals surface area contributed by atoms with E-state index < -0.39 is 27.4 Å². The highest BCUT2D eigenvalue weighted by Gasteiger charge is 2.63. The Hall–Kier alpha value is -2.67. The van der Waals surface area contributed by atoms with Gasteiger partial charge < -0.3 is 5.11 Å². The Labute approximate surface area is 179 Å². The van der Waals surface area contributed by atoms with E-state index in [2.05, 4.69) is 4.72 Å². The fraction of sp³-hybridized carbons (Fsp3) is 0.174. The van der Waals surface area contributed by atoms with Crippen LogP contribution < -0.4 is 4.72 Å². The monoisotopic (exact) mass is 439 g/mol. The summed E-state index contributed by atoms with van der Waals surface area (Å²) in [6.07, 6.45) is 0.811. The van der Waals surface area contributed by atoms with Gasteiger partial charge in [-0.25, -0.2) is 8.42 Å². The second-order valence-electron chi connectivity index (χ2n) is 7.85.